The molecule has 0 fully saturated rings. The molecule has 2 unspecified atom stereocenters. The lowest BCUT2D eigenvalue weighted by atomic mass is 9.88. The molecule has 0 radical (unpaired) electrons. The smallest absolute Gasteiger partial charge is 0.0870 e. The lowest BCUT2D eigenvalue weighted by Crippen LogP contribution is -2.20. The van der Waals surface area contributed by atoms with Gasteiger partial charge >= 0.3 is 0 Å². The molecule has 4 heteroatoms. The Balaban J connectivity index is 1.90. The van der Waals surface area contributed by atoms with Crippen molar-refractivity contribution in [3.63, 3.8) is 0 Å². The minimum atomic E-state index is -0.616. The molecule has 0 amide bonds. The minimum absolute atomic E-state index is 0.122. The second-order valence-corrected chi connectivity index (χ2v) is 6.28. The highest BCUT2D eigenvalue weighted by molar-refractivity contribution is 9.10. The van der Waals surface area contributed by atoms with Crippen molar-refractivity contribution in [3.05, 3.63) is 69.2 Å². The van der Waals surface area contributed by atoms with Crippen LogP contribution in [0.5, 0.6) is 0 Å². The summed E-state index contributed by atoms with van der Waals surface area (Å²) in [6.07, 6.45) is -0.616. The Morgan fingerprint density at radius 3 is 2.67 bits per heavy atom. The van der Waals surface area contributed by atoms with Gasteiger partial charge in [-0.15, -0.1) is 0 Å². The molecule has 0 saturated heterocycles. The topological polar surface area (TPSA) is 55.5 Å². The SMILES string of the molecule is NCC(c1cccc(Br)c1)C(O)c1ccc2c(c1)COC2. The molecule has 2 aromatic carbocycles. The number of aliphatic hydroxyl groups is 1. The molecule has 1 aliphatic heterocycles. The highest BCUT2D eigenvalue weighted by atomic mass is 79.9. The quantitative estimate of drug-likeness (QED) is 0.892. The highest BCUT2D eigenvalue weighted by Gasteiger charge is 2.23. The second kappa shape index (κ2) is 6.28. The average Bonchev–Trinajstić information content (AvgIpc) is 2.95. The van der Waals surface area contributed by atoms with Crippen molar-refractivity contribution >= 4 is 15.9 Å². The summed E-state index contributed by atoms with van der Waals surface area (Å²) in [4.78, 5) is 0. The second-order valence-electron chi connectivity index (χ2n) is 5.36. The fourth-order valence-corrected chi connectivity index (χ4v) is 3.21. The van der Waals surface area contributed by atoms with E-state index in [0.717, 1.165) is 21.2 Å². The molecule has 0 saturated carbocycles. The van der Waals surface area contributed by atoms with Crippen LogP contribution in [-0.2, 0) is 18.0 Å². The van der Waals surface area contributed by atoms with Gasteiger partial charge in [0.05, 0.1) is 19.3 Å². The van der Waals surface area contributed by atoms with E-state index >= 15 is 0 Å². The van der Waals surface area contributed by atoms with Gasteiger partial charge in [0.2, 0.25) is 0 Å². The Labute approximate surface area is 132 Å². The molecule has 1 heterocycles. The monoisotopic (exact) mass is 347 g/mol. The number of rotatable bonds is 4. The number of nitrogens with two attached hydrogens (primary N) is 1. The summed E-state index contributed by atoms with van der Waals surface area (Å²) in [5.41, 5.74) is 10.2. The van der Waals surface area contributed by atoms with Crippen molar-refractivity contribution in [2.24, 2.45) is 5.73 Å². The van der Waals surface area contributed by atoms with Gasteiger partial charge in [-0.3, -0.25) is 0 Å². The van der Waals surface area contributed by atoms with Crippen molar-refractivity contribution in [1.29, 1.82) is 0 Å². The van der Waals surface area contributed by atoms with Gasteiger partial charge in [0, 0.05) is 16.9 Å². The third-order valence-corrected chi connectivity index (χ3v) is 4.49. The summed E-state index contributed by atoms with van der Waals surface area (Å²) in [7, 11) is 0. The van der Waals surface area contributed by atoms with E-state index in [2.05, 4.69) is 15.9 Å². The van der Waals surface area contributed by atoms with E-state index in [1.165, 1.54) is 5.56 Å². The van der Waals surface area contributed by atoms with Gasteiger partial charge in [0.25, 0.3) is 0 Å². The Morgan fingerprint density at radius 2 is 1.90 bits per heavy atom. The molecule has 2 aromatic rings. The predicted molar refractivity (Wildman–Crippen MR) is 85.8 cm³/mol. The number of fused-ring (bicyclic) bond motifs is 1. The summed E-state index contributed by atoms with van der Waals surface area (Å²) in [5, 5.41) is 10.7. The van der Waals surface area contributed by atoms with Crippen molar-refractivity contribution in [1.82, 2.24) is 0 Å². The maximum Gasteiger partial charge on any atom is 0.0870 e. The molecular formula is C17H18BrNO2. The maximum absolute atomic E-state index is 10.7. The summed E-state index contributed by atoms with van der Waals surface area (Å²) < 4.78 is 6.42. The zero-order valence-electron chi connectivity index (χ0n) is 11.6. The van der Waals surface area contributed by atoms with Gasteiger partial charge < -0.3 is 15.6 Å². The molecule has 3 rings (SSSR count). The Morgan fingerprint density at radius 1 is 1.10 bits per heavy atom. The summed E-state index contributed by atoms with van der Waals surface area (Å²) in [6, 6.07) is 14.0. The van der Waals surface area contributed by atoms with Gasteiger partial charge in [0.1, 0.15) is 0 Å². The third kappa shape index (κ3) is 3.04. The normalized spacial score (nSPS) is 16.5. The van der Waals surface area contributed by atoms with Crippen LogP contribution in [0.1, 0.15) is 34.3 Å². The molecule has 2 atom stereocenters. The molecule has 0 aliphatic carbocycles. The van der Waals surface area contributed by atoms with E-state index in [1.807, 2.05) is 42.5 Å². The van der Waals surface area contributed by atoms with E-state index in [-0.39, 0.29) is 5.92 Å². The van der Waals surface area contributed by atoms with Crippen LogP contribution >= 0.6 is 15.9 Å². The van der Waals surface area contributed by atoms with E-state index in [0.29, 0.717) is 19.8 Å². The van der Waals surface area contributed by atoms with Crippen molar-refractivity contribution in [2.45, 2.75) is 25.2 Å². The fraction of sp³-hybridized carbons (Fsp3) is 0.294. The van der Waals surface area contributed by atoms with Crippen LogP contribution in [0.15, 0.2) is 46.9 Å². The number of ether oxygens (including phenoxy) is 1. The number of hydrogen-bond acceptors (Lipinski definition) is 3. The number of hydrogen-bond donors (Lipinski definition) is 2. The first-order chi connectivity index (χ1) is 10.2. The number of aliphatic hydroxyl groups excluding tert-OH is 1. The van der Waals surface area contributed by atoms with Crippen LogP contribution in [0.25, 0.3) is 0 Å². The lowest BCUT2D eigenvalue weighted by Gasteiger charge is -2.23. The van der Waals surface area contributed by atoms with Gasteiger partial charge in [-0.05, 0) is 34.4 Å². The summed E-state index contributed by atoms with van der Waals surface area (Å²) in [6.45, 7) is 1.68. The first-order valence-corrected chi connectivity index (χ1v) is 7.81. The number of halogens is 1. The van der Waals surface area contributed by atoms with Gasteiger partial charge in [-0.1, -0.05) is 46.3 Å². The van der Waals surface area contributed by atoms with Crippen LogP contribution < -0.4 is 5.73 Å². The van der Waals surface area contributed by atoms with Crippen molar-refractivity contribution < 1.29 is 9.84 Å². The number of benzene rings is 2. The van der Waals surface area contributed by atoms with Gasteiger partial charge in [-0.2, -0.15) is 0 Å². The molecule has 0 spiro atoms. The van der Waals surface area contributed by atoms with Gasteiger partial charge in [0.15, 0.2) is 0 Å². The average molecular weight is 348 g/mol. The van der Waals surface area contributed by atoms with Crippen LogP contribution in [0.4, 0.5) is 0 Å². The van der Waals surface area contributed by atoms with Crippen molar-refractivity contribution in [2.75, 3.05) is 6.54 Å². The zero-order chi connectivity index (χ0) is 14.8. The Bertz CT molecular complexity index is 644. The lowest BCUT2D eigenvalue weighted by molar-refractivity contribution is 0.134. The van der Waals surface area contributed by atoms with E-state index in [9.17, 15) is 5.11 Å². The standard InChI is InChI=1S/C17H18BrNO2/c18-15-3-1-2-11(7-15)16(8-19)17(20)12-4-5-13-9-21-10-14(13)6-12/h1-7,16-17,20H,8-10,19H2. The molecule has 21 heavy (non-hydrogen) atoms. The highest BCUT2D eigenvalue weighted by Crippen LogP contribution is 2.33. The molecule has 3 N–H and O–H groups in total. The Hall–Kier alpha value is -1.20. The Kier molecular flexibility index (Phi) is 4.40. The molecule has 0 bridgehead atoms. The maximum atomic E-state index is 10.7. The first kappa shape index (κ1) is 14.7. The van der Waals surface area contributed by atoms with Crippen LogP contribution in [0.3, 0.4) is 0 Å². The zero-order valence-corrected chi connectivity index (χ0v) is 13.2. The van der Waals surface area contributed by atoms with E-state index in [1.54, 1.807) is 0 Å². The molecule has 110 valence electrons. The van der Waals surface area contributed by atoms with E-state index < -0.39 is 6.10 Å². The van der Waals surface area contributed by atoms with E-state index in [4.69, 9.17) is 10.5 Å². The summed E-state index contributed by atoms with van der Waals surface area (Å²) in [5.74, 6) is -0.122. The molecule has 0 aromatic heterocycles. The van der Waals surface area contributed by atoms with Crippen LogP contribution in [0.2, 0.25) is 0 Å². The van der Waals surface area contributed by atoms with Gasteiger partial charge in [-0.25, -0.2) is 0 Å². The fourth-order valence-electron chi connectivity index (χ4n) is 2.79. The molecular weight excluding hydrogens is 330 g/mol. The minimum Gasteiger partial charge on any atom is -0.388 e. The third-order valence-electron chi connectivity index (χ3n) is 4.00. The molecule has 3 nitrogen and oxygen atoms in total. The van der Waals surface area contributed by atoms with Crippen LogP contribution in [0, 0.1) is 0 Å². The summed E-state index contributed by atoms with van der Waals surface area (Å²) >= 11 is 3.47. The first-order valence-electron chi connectivity index (χ1n) is 7.02. The van der Waals surface area contributed by atoms with Crippen molar-refractivity contribution in [3.8, 4) is 0 Å². The van der Waals surface area contributed by atoms with Crippen LogP contribution in [-0.4, -0.2) is 11.7 Å². The largest absolute Gasteiger partial charge is 0.388 e. The predicted octanol–water partition coefficient (Wildman–Crippen LogP) is 3.26. The molecule has 1 aliphatic rings.